The molecule has 3 amide bonds. The molecule has 0 atom stereocenters. The van der Waals surface area contributed by atoms with E-state index in [1.54, 1.807) is 6.92 Å². The standard InChI is InChI=1S/C35H42ClN7O2.2C32H39ClN8O/c1-25(44)14-17-35(27-8-10-28(36)11-9-27)18-23-42(24-19-35)31-5-4-20-43-32(31)38-34(39-43)37-29-12-6-26(7-13-29)33(45)41(3)30-15-21-40(2)22-16-30;2*1-38-18-13-27(14-19-38)39(2)30(42)23-5-11-26(12-6-23)35-31-36-29-28(4-3-17-41(29)37-31)40-20-15-32(22-34,16-21-40)24-7-9-25(33)10-8-24/h4-13,20,30H,14-19,21-24H2,1-3H3,(H,37,39);2*3-12,17,27H,13-16,18-22,34H2,1-2H3,(H,35,37). The number of Topliss-reactive ketones (excluding diaryl/α,β-unsaturated/α-hetero) is 1. The zero-order chi connectivity index (χ0) is 90.1. The van der Waals surface area contributed by atoms with Crippen molar-refractivity contribution in [3.05, 3.63) is 249 Å². The van der Waals surface area contributed by atoms with Crippen LogP contribution in [0.25, 0.3) is 16.9 Å². The number of nitrogens with two attached hydrogens (primary N) is 2. The van der Waals surface area contributed by atoms with Gasteiger partial charge in [-0.25, -0.2) is 13.5 Å². The molecule has 18 rings (SSSR count). The maximum atomic E-state index is 13.1. The van der Waals surface area contributed by atoms with Crippen molar-refractivity contribution < 1.29 is 19.2 Å². The highest BCUT2D eigenvalue weighted by Crippen LogP contribution is 2.44. The van der Waals surface area contributed by atoms with E-state index in [-0.39, 0.29) is 57.9 Å². The lowest BCUT2D eigenvalue weighted by molar-refractivity contribution is -0.117. The van der Waals surface area contributed by atoms with Crippen LogP contribution in [0.5, 0.6) is 0 Å². The van der Waals surface area contributed by atoms with Crippen LogP contribution < -0.4 is 42.1 Å². The van der Waals surface area contributed by atoms with Gasteiger partial charge in [-0.3, -0.25) is 14.4 Å². The van der Waals surface area contributed by atoms with Gasteiger partial charge < -0.3 is 76.3 Å². The minimum Gasteiger partial charge on any atom is -0.368 e. The van der Waals surface area contributed by atoms with Gasteiger partial charge in [-0.2, -0.15) is 15.0 Å². The molecule has 30 heteroatoms. The summed E-state index contributed by atoms with van der Waals surface area (Å²) in [5, 5.41) is 26.2. The Morgan fingerprint density at radius 2 is 0.628 bits per heavy atom. The number of piperidine rings is 6. The van der Waals surface area contributed by atoms with Gasteiger partial charge in [-0.05, 0) is 319 Å². The monoisotopic (exact) mass is 1800 g/mol. The third-order valence-corrected chi connectivity index (χ3v) is 28.9. The summed E-state index contributed by atoms with van der Waals surface area (Å²) in [6.07, 6.45) is 18.8. The number of benzene rings is 6. The van der Waals surface area contributed by atoms with Gasteiger partial charge in [-0.1, -0.05) is 71.2 Å². The highest BCUT2D eigenvalue weighted by atomic mass is 35.5. The van der Waals surface area contributed by atoms with E-state index in [1.165, 1.54) is 16.7 Å². The molecular weight excluding hydrogens is 1680 g/mol. The van der Waals surface area contributed by atoms with E-state index in [0.717, 1.165) is 228 Å². The molecular formula is C99H120Cl3N23O4. The largest absolute Gasteiger partial charge is 0.368 e. The predicted molar refractivity (Wildman–Crippen MR) is 518 cm³/mol. The lowest BCUT2D eigenvalue weighted by atomic mass is 9.69. The molecule has 0 spiro atoms. The number of pyridine rings is 3. The van der Waals surface area contributed by atoms with Crippen LogP contribution in [0, 0.1) is 0 Å². The number of anilines is 9. The molecule has 0 radical (unpaired) electrons. The predicted octanol–water partition coefficient (Wildman–Crippen LogP) is 15.8. The van der Waals surface area contributed by atoms with Crippen LogP contribution in [0.4, 0.5) is 52.0 Å². The van der Waals surface area contributed by atoms with Crippen molar-refractivity contribution >= 4 is 127 Å². The van der Waals surface area contributed by atoms with Gasteiger partial charge in [-0.15, -0.1) is 15.3 Å². The van der Waals surface area contributed by atoms with Gasteiger partial charge >= 0.3 is 0 Å². The number of fused-ring (bicyclic) bond motifs is 3. The average molecular weight is 1800 g/mol. The maximum absolute atomic E-state index is 13.1. The van der Waals surface area contributed by atoms with E-state index in [1.807, 2.05) is 195 Å². The molecule has 0 saturated carbocycles. The van der Waals surface area contributed by atoms with Gasteiger partial charge in [0, 0.05) is 176 Å². The molecule has 129 heavy (non-hydrogen) atoms. The van der Waals surface area contributed by atoms with E-state index in [4.69, 9.17) is 61.2 Å². The number of carbonyl (C=O) groups excluding carboxylic acids is 4. The van der Waals surface area contributed by atoms with Gasteiger partial charge in [0.05, 0.1) is 17.1 Å². The summed E-state index contributed by atoms with van der Waals surface area (Å²) in [5.74, 6) is 1.92. The first-order chi connectivity index (χ1) is 62.4. The topological polar surface area (TPSA) is 276 Å². The summed E-state index contributed by atoms with van der Waals surface area (Å²) in [6.45, 7) is 14.2. The Hall–Kier alpha value is -11.3. The Morgan fingerprint density at radius 1 is 0.372 bits per heavy atom. The number of nitrogens with one attached hydrogen (secondary N) is 3. The van der Waals surface area contributed by atoms with Crippen LogP contribution in [-0.4, -0.2) is 249 Å². The number of hydrogen-bond donors (Lipinski definition) is 5. The number of carbonyl (C=O) groups is 4. The molecule has 0 bridgehead atoms. The molecule has 0 unspecified atom stereocenters. The first kappa shape index (κ1) is 91.1. The van der Waals surface area contributed by atoms with Crippen LogP contribution in [0.15, 0.2) is 201 Å². The van der Waals surface area contributed by atoms with Crippen molar-refractivity contribution in [2.75, 3.05) is 165 Å². The molecule has 0 aliphatic carbocycles. The highest BCUT2D eigenvalue weighted by Gasteiger charge is 2.40. The molecule has 12 aromatic rings. The lowest BCUT2D eigenvalue weighted by Crippen LogP contribution is -2.47. The fourth-order valence-electron chi connectivity index (χ4n) is 19.6. The van der Waals surface area contributed by atoms with Crippen molar-refractivity contribution in [3.63, 3.8) is 0 Å². The van der Waals surface area contributed by atoms with E-state index in [2.05, 4.69) is 136 Å². The van der Waals surface area contributed by atoms with E-state index in [0.29, 0.717) is 54.0 Å². The third kappa shape index (κ3) is 21.0. The molecule has 676 valence electrons. The number of aromatic nitrogens is 9. The fourth-order valence-corrected chi connectivity index (χ4v) is 19.9. The highest BCUT2D eigenvalue weighted by molar-refractivity contribution is 6.31. The van der Waals surface area contributed by atoms with Crippen molar-refractivity contribution in [2.24, 2.45) is 11.5 Å². The van der Waals surface area contributed by atoms with Crippen LogP contribution in [0.1, 0.15) is 145 Å². The quantitative estimate of drug-likeness (QED) is 0.0398. The van der Waals surface area contributed by atoms with Gasteiger partial charge in [0.15, 0.2) is 16.9 Å². The molecule has 6 aliphatic heterocycles. The maximum Gasteiger partial charge on any atom is 0.253 e. The summed E-state index contributed by atoms with van der Waals surface area (Å²) in [7, 11) is 12.1. The first-order valence-electron chi connectivity index (χ1n) is 45.4. The van der Waals surface area contributed by atoms with Crippen molar-refractivity contribution in [2.45, 2.75) is 131 Å². The smallest absolute Gasteiger partial charge is 0.253 e. The van der Waals surface area contributed by atoms with Gasteiger partial charge in [0.25, 0.3) is 17.7 Å². The summed E-state index contributed by atoms with van der Waals surface area (Å²) < 4.78 is 5.44. The second-order valence-electron chi connectivity index (χ2n) is 36.2. The second-order valence-corrected chi connectivity index (χ2v) is 37.5. The van der Waals surface area contributed by atoms with E-state index < -0.39 is 0 Å². The number of amides is 3. The Bertz CT molecular complexity index is 5580. The van der Waals surface area contributed by atoms with Gasteiger partial charge in [0.1, 0.15) is 5.78 Å². The summed E-state index contributed by atoms with van der Waals surface area (Å²) in [6, 6.07) is 60.2. The number of halogens is 3. The summed E-state index contributed by atoms with van der Waals surface area (Å²) >= 11 is 18.5. The number of hydrogen-bond acceptors (Lipinski definition) is 21. The van der Waals surface area contributed by atoms with E-state index >= 15 is 0 Å². The number of ketones is 1. The molecule has 27 nitrogen and oxygen atoms in total. The average Bonchev–Trinajstić information content (AvgIpc) is 1.72. The normalized spacial score (nSPS) is 17.7. The molecule has 12 heterocycles. The molecule has 6 aromatic heterocycles. The Kier molecular flexibility index (Phi) is 28.5. The van der Waals surface area contributed by atoms with Crippen LogP contribution in [-0.2, 0) is 21.0 Å². The van der Waals surface area contributed by atoms with Crippen molar-refractivity contribution in [3.8, 4) is 0 Å². The summed E-state index contributed by atoms with van der Waals surface area (Å²) in [4.78, 5) is 85.6. The van der Waals surface area contributed by atoms with Crippen molar-refractivity contribution in [1.29, 1.82) is 0 Å². The minimum atomic E-state index is -0.0618. The number of nitrogens with zero attached hydrogens (tertiary/aromatic N) is 18. The minimum absolute atomic E-state index is 0.0505. The molecule has 6 aliphatic rings. The molecule has 7 N–H and O–H groups in total. The fraction of sp³-hybridized carbons (Fsp3) is 0.414. The molecule has 6 saturated heterocycles. The Labute approximate surface area is 771 Å². The SMILES string of the molecule is CC(=O)CCC1(c2ccc(Cl)cc2)CCN(c2cccn3nc(Nc4ccc(C(=O)N(C)C5CCN(C)CC5)cc4)nc23)CC1.CN1CCC(N(C)C(=O)c2ccc(Nc3nc4c(N5CCC(CN)(c6ccc(Cl)cc6)CC5)cccn4n3)cc2)CC1.CN1CCC(N(C)C(=O)c2ccc(Nc3nc4c(N5CCC(CN)(c6ccc(Cl)cc6)CC5)cccn4n3)cc2)CC1. The van der Waals surface area contributed by atoms with Crippen LogP contribution >= 0.6 is 34.8 Å². The van der Waals surface area contributed by atoms with E-state index in [9.17, 15) is 19.2 Å². The molecule has 6 fully saturated rings. The molecule has 6 aromatic carbocycles. The third-order valence-electron chi connectivity index (χ3n) is 28.1. The number of rotatable bonds is 23. The zero-order valence-corrected chi connectivity index (χ0v) is 77.3. The zero-order valence-electron chi connectivity index (χ0n) is 75.1. The summed E-state index contributed by atoms with van der Waals surface area (Å²) in [5.41, 5.74) is 26.3. The second kappa shape index (κ2) is 40.4. The van der Waals surface area contributed by atoms with Crippen LogP contribution in [0.2, 0.25) is 15.1 Å². The first-order valence-corrected chi connectivity index (χ1v) is 46.5. The Morgan fingerprint density at radius 3 is 0.884 bits per heavy atom. The number of likely N-dealkylation sites (tertiary alicyclic amines) is 3. The lowest BCUT2D eigenvalue weighted by Gasteiger charge is -2.43. The van der Waals surface area contributed by atoms with Crippen LogP contribution in [0.3, 0.4) is 0 Å². The van der Waals surface area contributed by atoms with Crippen molar-refractivity contribution in [1.82, 2.24) is 73.2 Å². The van der Waals surface area contributed by atoms with Gasteiger partial charge in [0.2, 0.25) is 17.8 Å². The Balaban J connectivity index is 0.000000142.